The Morgan fingerprint density at radius 1 is 1.46 bits per heavy atom. The predicted octanol–water partition coefficient (Wildman–Crippen LogP) is 0.906. The van der Waals surface area contributed by atoms with Crippen LogP contribution in [0, 0.1) is 0 Å². The molecule has 0 fully saturated rings. The average molecular weight is 181 g/mol. The van der Waals surface area contributed by atoms with Gasteiger partial charge in [0.05, 0.1) is 6.10 Å². The molecule has 1 aromatic rings. The summed E-state index contributed by atoms with van der Waals surface area (Å²) in [5, 5.41) is 9.29. The molecule has 1 unspecified atom stereocenters. The van der Waals surface area contributed by atoms with Crippen LogP contribution in [0.25, 0.3) is 0 Å². The third kappa shape index (κ3) is 1.58. The number of aromatic nitrogens is 1. The van der Waals surface area contributed by atoms with Gasteiger partial charge < -0.3 is 14.6 Å². The van der Waals surface area contributed by atoms with E-state index >= 15 is 0 Å². The molecule has 0 aromatic carbocycles. The molecule has 0 radical (unpaired) electrons. The SMILES string of the molecule is CC(O)c1cnc2c(c1)OCCO2. The Balaban J connectivity index is 2.35. The van der Waals surface area contributed by atoms with E-state index in [0.717, 1.165) is 5.56 Å². The van der Waals surface area contributed by atoms with Crippen LogP contribution in [0.3, 0.4) is 0 Å². The lowest BCUT2D eigenvalue weighted by atomic mass is 10.2. The highest BCUT2D eigenvalue weighted by Gasteiger charge is 2.14. The fourth-order valence-corrected chi connectivity index (χ4v) is 1.18. The van der Waals surface area contributed by atoms with Crippen molar-refractivity contribution in [2.24, 2.45) is 0 Å². The van der Waals surface area contributed by atoms with Crippen LogP contribution in [-0.2, 0) is 0 Å². The van der Waals surface area contributed by atoms with E-state index in [1.54, 1.807) is 19.2 Å². The summed E-state index contributed by atoms with van der Waals surface area (Å²) in [5.74, 6) is 1.13. The number of fused-ring (bicyclic) bond motifs is 1. The Morgan fingerprint density at radius 3 is 3.00 bits per heavy atom. The van der Waals surface area contributed by atoms with E-state index in [9.17, 15) is 5.11 Å². The van der Waals surface area contributed by atoms with Gasteiger partial charge in [-0.3, -0.25) is 0 Å². The van der Waals surface area contributed by atoms with Crippen molar-refractivity contribution in [1.29, 1.82) is 0 Å². The molecule has 4 nitrogen and oxygen atoms in total. The third-order valence-corrected chi connectivity index (χ3v) is 1.90. The first kappa shape index (κ1) is 8.31. The predicted molar refractivity (Wildman–Crippen MR) is 45.9 cm³/mol. The summed E-state index contributed by atoms with van der Waals surface area (Å²) in [4.78, 5) is 4.03. The Morgan fingerprint density at radius 2 is 2.23 bits per heavy atom. The van der Waals surface area contributed by atoms with Gasteiger partial charge in [-0.15, -0.1) is 0 Å². The van der Waals surface area contributed by atoms with Crippen LogP contribution in [0.4, 0.5) is 0 Å². The highest BCUT2D eigenvalue weighted by atomic mass is 16.6. The maximum atomic E-state index is 9.29. The second-order valence-corrected chi connectivity index (χ2v) is 2.94. The molecule has 2 rings (SSSR count). The zero-order valence-corrected chi connectivity index (χ0v) is 7.36. The molecule has 0 amide bonds. The van der Waals surface area contributed by atoms with Crippen LogP contribution < -0.4 is 9.47 Å². The second kappa shape index (κ2) is 3.22. The van der Waals surface area contributed by atoms with Crippen LogP contribution in [0.2, 0.25) is 0 Å². The van der Waals surface area contributed by atoms with Crippen molar-refractivity contribution in [1.82, 2.24) is 4.98 Å². The molecule has 0 saturated heterocycles. The molecule has 13 heavy (non-hydrogen) atoms. The molecular weight excluding hydrogens is 170 g/mol. The lowest BCUT2D eigenvalue weighted by molar-refractivity contribution is 0.161. The van der Waals surface area contributed by atoms with Crippen molar-refractivity contribution in [3.63, 3.8) is 0 Å². The number of rotatable bonds is 1. The summed E-state index contributed by atoms with van der Waals surface area (Å²) < 4.78 is 10.6. The first-order valence-corrected chi connectivity index (χ1v) is 4.21. The molecule has 0 saturated carbocycles. The standard InChI is InChI=1S/C9H11NO3/c1-6(11)7-4-8-9(10-5-7)13-3-2-12-8/h4-6,11H,2-3H2,1H3. The quantitative estimate of drug-likeness (QED) is 0.699. The molecule has 1 aliphatic heterocycles. The monoisotopic (exact) mass is 181 g/mol. The molecule has 0 bridgehead atoms. The number of hydrogen-bond acceptors (Lipinski definition) is 4. The molecule has 1 aliphatic rings. The summed E-state index contributed by atoms with van der Waals surface area (Å²) >= 11 is 0. The van der Waals surface area contributed by atoms with Gasteiger partial charge in [-0.1, -0.05) is 0 Å². The van der Waals surface area contributed by atoms with Crippen LogP contribution in [0.15, 0.2) is 12.3 Å². The van der Waals surface area contributed by atoms with E-state index in [2.05, 4.69) is 4.98 Å². The van der Waals surface area contributed by atoms with E-state index in [1.807, 2.05) is 0 Å². The van der Waals surface area contributed by atoms with Crippen molar-refractivity contribution in [3.8, 4) is 11.6 Å². The smallest absolute Gasteiger partial charge is 0.257 e. The summed E-state index contributed by atoms with van der Waals surface area (Å²) in [7, 11) is 0. The number of aliphatic hydroxyl groups excluding tert-OH is 1. The summed E-state index contributed by atoms with van der Waals surface area (Å²) in [6.45, 7) is 2.76. The Bertz CT molecular complexity index is 312. The first-order valence-electron chi connectivity index (χ1n) is 4.21. The second-order valence-electron chi connectivity index (χ2n) is 2.94. The molecule has 1 atom stereocenters. The molecule has 0 spiro atoms. The van der Waals surface area contributed by atoms with Gasteiger partial charge in [0.2, 0.25) is 0 Å². The van der Waals surface area contributed by atoms with Gasteiger partial charge in [0, 0.05) is 11.8 Å². The summed E-state index contributed by atoms with van der Waals surface area (Å²) in [6.07, 6.45) is 1.07. The summed E-state index contributed by atoms with van der Waals surface area (Å²) in [6, 6.07) is 1.76. The third-order valence-electron chi connectivity index (χ3n) is 1.90. The van der Waals surface area contributed by atoms with Crippen LogP contribution in [-0.4, -0.2) is 23.3 Å². The maximum Gasteiger partial charge on any atom is 0.257 e. The van der Waals surface area contributed by atoms with Gasteiger partial charge in [-0.05, 0) is 13.0 Å². The fourth-order valence-electron chi connectivity index (χ4n) is 1.18. The van der Waals surface area contributed by atoms with Crippen molar-refractivity contribution in [2.45, 2.75) is 13.0 Å². The fraction of sp³-hybridized carbons (Fsp3) is 0.444. The molecular formula is C9H11NO3. The minimum Gasteiger partial charge on any atom is -0.484 e. The Labute approximate surface area is 76.1 Å². The van der Waals surface area contributed by atoms with Crippen molar-refractivity contribution in [2.75, 3.05) is 13.2 Å². The number of hydrogen-bond donors (Lipinski definition) is 1. The largest absolute Gasteiger partial charge is 0.484 e. The molecule has 1 N–H and O–H groups in total. The van der Waals surface area contributed by atoms with Crippen molar-refractivity contribution < 1.29 is 14.6 Å². The van der Waals surface area contributed by atoms with Gasteiger partial charge in [0.15, 0.2) is 5.75 Å². The summed E-state index contributed by atoms with van der Waals surface area (Å²) in [5.41, 5.74) is 0.740. The zero-order chi connectivity index (χ0) is 9.26. The topological polar surface area (TPSA) is 51.6 Å². The van der Waals surface area contributed by atoms with E-state index < -0.39 is 6.10 Å². The molecule has 0 aliphatic carbocycles. The van der Waals surface area contributed by atoms with E-state index in [4.69, 9.17) is 9.47 Å². The van der Waals surface area contributed by atoms with E-state index in [1.165, 1.54) is 0 Å². The van der Waals surface area contributed by atoms with E-state index in [0.29, 0.717) is 24.8 Å². The number of aliphatic hydroxyl groups is 1. The minimum absolute atomic E-state index is 0.510. The van der Waals surface area contributed by atoms with Crippen LogP contribution in [0.1, 0.15) is 18.6 Å². The number of ether oxygens (including phenoxy) is 2. The lowest BCUT2D eigenvalue weighted by Crippen LogP contribution is -2.16. The molecule has 2 heterocycles. The highest BCUT2D eigenvalue weighted by molar-refractivity contribution is 5.37. The minimum atomic E-state index is -0.525. The number of pyridine rings is 1. The number of nitrogens with zero attached hydrogens (tertiary/aromatic N) is 1. The van der Waals surface area contributed by atoms with Crippen molar-refractivity contribution >= 4 is 0 Å². The molecule has 4 heteroatoms. The highest BCUT2D eigenvalue weighted by Crippen LogP contribution is 2.29. The Kier molecular flexibility index (Phi) is 2.06. The van der Waals surface area contributed by atoms with Gasteiger partial charge >= 0.3 is 0 Å². The Hall–Kier alpha value is -1.29. The molecule has 70 valence electrons. The first-order chi connectivity index (χ1) is 6.27. The van der Waals surface area contributed by atoms with Crippen molar-refractivity contribution in [3.05, 3.63) is 17.8 Å². The normalized spacial score (nSPS) is 16.8. The maximum absolute atomic E-state index is 9.29. The molecule has 1 aromatic heterocycles. The zero-order valence-electron chi connectivity index (χ0n) is 7.36. The lowest BCUT2D eigenvalue weighted by Gasteiger charge is -2.18. The van der Waals surface area contributed by atoms with Gasteiger partial charge in [-0.2, -0.15) is 0 Å². The van der Waals surface area contributed by atoms with Gasteiger partial charge in [-0.25, -0.2) is 4.98 Å². The van der Waals surface area contributed by atoms with Crippen LogP contribution >= 0.6 is 0 Å². The van der Waals surface area contributed by atoms with Crippen LogP contribution in [0.5, 0.6) is 11.6 Å². The van der Waals surface area contributed by atoms with Gasteiger partial charge in [0.1, 0.15) is 13.2 Å². The van der Waals surface area contributed by atoms with E-state index in [-0.39, 0.29) is 0 Å². The average Bonchev–Trinajstić information content (AvgIpc) is 2.17. The van der Waals surface area contributed by atoms with Gasteiger partial charge in [0.25, 0.3) is 5.88 Å².